The second kappa shape index (κ2) is 9.92. The number of hydrogen-bond acceptors (Lipinski definition) is 4. The van der Waals surface area contributed by atoms with Gasteiger partial charge in [0.15, 0.2) is 0 Å². The number of nitrogens with zero attached hydrogens (tertiary/aromatic N) is 3. The first kappa shape index (κ1) is 22.0. The maximum atomic E-state index is 12.9. The van der Waals surface area contributed by atoms with E-state index in [1.54, 1.807) is 25.5 Å². The molecule has 1 atom stereocenters. The average Bonchev–Trinajstić information content (AvgIpc) is 3.32. The summed E-state index contributed by atoms with van der Waals surface area (Å²) in [5, 5.41) is 3.25. The largest absolute Gasteiger partial charge is 0.354 e. The molecule has 32 heavy (non-hydrogen) atoms. The summed E-state index contributed by atoms with van der Waals surface area (Å²) in [6.45, 7) is 0.757. The summed E-state index contributed by atoms with van der Waals surface area (Å²) in [4.78, 5) is 35.4. The van der Waals surface area contributed by atoms with E-state index in [2.05, 4.69) is 15.3 Å². The highest BCUT2D eigenvalue weighted by molar-refractivity contribution is 6.30. The molecule has 0 spiro atoms. The molecule has 2 amide bonds. The molecule has 7 heteroatoms. The van der Waals surface area contributed by atoms with Gasteiger partial charge in [0, 0.05) is 48.6 Å². The van der Waals surface area contributed by atoms with E-state index in [4.69, 9.17) is 11.6 Å². The number of pyridine rings is 2. The van der Waals surface area contributed by atoms with Crippen molar-refractivity contribution in [1.82, 2.24) is 20.2 Å². The van der Waals surface area contributed by atoms with Gasteiger partial charge < -0.3 is 10.2 Å². The molecule has 1 aliphatic rings. The molecule has 0 bridgehead atoms. The average molecular weight is 449 g/mol. The van der Waals surface area contributed by atoms with Crippen LogP contribution in [0.15, 0.2) is 60.9 Å². The highest BCUT2D eigenvalue weighted by Gasteiger charge is 2.30. The van der Waals surface area contributed by atoms with Gasteiger partial charge in [-0.05, 0) is 49.1 Å². The van der Waals surface area contributed by atoms with Gasteiger partial charge in [0.05, 0.1) is 11.7 Å². The van der Waals surface area contributed by atoms with E-state index in [9.17, 15) is 9.59 Å². The molecule has 3 heterocycles. The Labute approximate surface area is 192 Å². The van der Waals surface area contributed by atoms with Crippen LogP contribution in [-0.4, -0.2) is 40.3 Å². The van der Waals surface area contributed by atoms with Gasteiger partial charge in [-0.2, -0.15) is 0 Å². The van der Waals surface area contributed by atoms with Gasteiger partial charge in [0.1, 0.15) is 5.69 Å². The Hall–Kier alpha value is -3.25. The van der Waals surface area contributed by atoms with Gasteiger partial charge in [-0.3, -0.25) is 19.6 Å². The normalized spacial score (nSPS) is 15.6. The minimum absolute atomic E-state index is 0.00432. The van der Waals surface area contributed by atoms with Crippen LogP contribution < -0.4 is 5.32 Å². The molecule has 164 valence electrons. The summed E-state index contributed by atoms with van der Waals surface area (Å²) in [6.07, 6.45) is 6.49. The first-order valence-electron chi connectivity index (χ1n) is 10.7. The van der Waals surface area contributed by atoms with Crippen LogP contribution in [0.4, 0.5) is 0 Å². The smallest absolute Gasteiger partial charge is 0.269 e. The van der Waals surface area contributed by atoms with E-state index in [0.717, 1.165) is 41.8 Å². The number of rotatable bonds is 6. The van der Waals surface area contributed by atoms with Crippen molar-refractivity contribution < 1.29 is 9.59 Å². The predicted octanol–water partition coefficient (Wildman–Crippen LogP) is 4.45. The number of hydrogen-bond donors (Lipinski definition) is 1. The van der Waals surface area contributed by atoms with E-state index in [-0.39, 0.29) is 17.9 Å². The number of nitrogens with one attached hydrogen (secondary N) is 1. The molecule has 4 rings (SSSR count). The summed E-state index contributed by atoms with van der Waals surface area (Å²) in [6, 6.07) is 15.2. The second-order valence-electron chi connectivity index (χ2n) is 7.86. The van der Waals surface area contributed by atoms with Crippen molar-refractivity contribution in [1.29, 1.82) is 0 Å². The lowest BCUT2D eigenvalue weighted by Gasteiger charge is -2.24. The fourth-order valence-electron chi connectivity index (χ4n) is 4.06. The van der Waals surface area contributed by atoms with Crippen LogP contribution in [0.25, 0.3) is 11.1 Å². The third-order valence-electron chi connectivity index (χ3n) is 5.77. The van der Waals surface area contributed by atoms with Crippen molar-refractivity contribution in [2.45, 2.75) is 31.7 Å². The first-order valence-corrected chi connectivity index (χ1v) is 11.1. The molecule has 0 unspecified atom stereocenters. The standard InChI is InChI=1S/C25H25ClN4O2/c1-27-25(32)22-11-9-19(16-29-22)18-8-10-21(28-15-18)23-6-3-13-30(23)24(31)12-7-17-4-2-5-20(26)14-17/h2,4-5,8-11,14-16,23H,3,6-7,12-13H2,1H3,(H,27,32)/t23-/m0/s1. The van der Waals surface area contributed by atoms with Crippen LogP contribution >= 0.6 is 11.6 Å². The molecule has 0 radical (unpaired) electrons. The molecule has 0 aliphatic carbocycles. The van der Waals surface area contributed by atoms with Crippen LogP contribution in [0.5, 0.6) is 0 Å². The lowest BCUT2D eigenvalue weighted by molar-refractivity contribution is -0.132. The Bertz CT molecular complexity index is 1100. The number of benzene rings is 1. The third-order valence-corrected chi connectivity index (χ3v) is 6.01. The van der Waals surface area contributed by atoms with Gasteiger partial charge in [-0.1, -0.05) is 35.9 Å². The maximum absolute atomic E-state index is 12.9. The van der Waals surface area contributed by atoms with Crippen LogP contribution in [0, 0.1) is 0 Å². The second-order valence-corrected chi connectivity index (χ2v) is 8.29. The Kier molecular flexibility index (Phi) is 6.81. The summed E-state index contributed by atoms with van der Waals surface area (Å²) in [7, 11) is 1.58. The molecule has 1 aliphatic heterocycles. The quantitative estimate of drug-likeness (QED) is 0.604. The van der Waals surface area contributed by atoms with Crippen molar-refractivity contribution in [3.8, 4) is 11.1 Å². The number of amides is 2. The van der Waals surface area contributed by atoms with Gasteiger partial charge >= 0.3 is 0 Å². The summed E-state index contributed by atoms with van der Waals surface area (Å²) < 4.78 is 0. The lowest BCUT2D eigenvalue weighted by atomic mass is 10.1. The van der Waals surface area contributed by atoms with E-state index < -0.39 is 0 Å². The molecule has 1 fully saturated rings. The highest BCUT2D eigenvalue weighted by atomic mass is 35.5. The van der Waals surface area contributed by atoms with Crippen LogP contribution in [0.1, 0.15) is 47.1 Å². The van der Waals surface area contributed by atoms with E-state index in [1.165, 1.54) is 0 Å². The molecular weight excluding hydrogens is 424 g/mol. The Morgan fingerprint density at radius 3 is 2.53 bits per heavy atom. The maximum Gasteiger partial charge on any atom is 0.269 e. The number of halogens is 1. The fraction of sp³-hybridized carbons (Fsp3) is 0.280. The van der Waals surface area contributed by atoms with Crippen LogP contribution in [0.2, 0.25) is 5.02 Å². The monoisotopic (exact) mass is 448 g/mol. The van der Waals surface area contributed by atoms with Gasteiger partial charge in [0.2, 0.25) is 5.91 Å². The number of carbonyl (C=O) groups is 2. The van der Waals surface area contributed by atoms with Crippen molar-refractivity contribution >= 4 is 23.4 Å². The molecule has 0 saturated carbocycles. The zero-order chi connectivity index (χ0) is 22.5. The summed E-state index contributed by atoms with van der Waals surface area (Å²) in [5.41, 5.74) is 4.15. The van der Waals surface area contributed by atoms with Gasteiger partial charge in [0.25, 0.3) is 5.91 Å². The molecule has 1 saturated heterocycles. The number of aryl methyl sites for hydroxylation is 1. The molecule has 6 nitrogen and oxygen atoms in total. The summed E-state index contributed by atoms with van der Waals surface area (Å²) >= 11 is 6.05. The van der Waals surface area contributed by atoms with E-state index in [0.29, 0.717) is 23.6 Å². The van der Waals surface area contributed by atoms with Crippen LogP contribution in [-0.2, 0) is 11.2 Å². The Balaban J connectivity index is 1.42. The molecule has 1 aromatic carbocycles. The number of carbonyl (C=O) groups excluding carboxylic acids is 2. The Morgan fingerprint density at radius 1 is 1.09 bits per heavy atom. The topological polar surface area (TPSA) is 75.2 Å². The molecular formula is C25H25ClN4O2. The number of aromatic nitrogens is 2. The first-order chi connectivity index (χ1) is 15.5. The molecule has 1 N–H and O–H groups in total. The van der Waals surface area contributed by atoms with E-state index >= 15 is 0 Å². The minimum atomic E-state index is -0.216. The zero-order valence-electron chi connectivity index (χ0n) is 17.9. The van der Waals surface area contributed by atoms with Crippen molar-refractivity contribution in [3.05, 3.63) is 82.9 Å². The van der Waals surface area contributed by atoms with Crippen LogP contribution in [0.3, 0.4) is 0 Å². The minimum Gasteiger partial charge on any atom is -0.354 e. The fourth-order valence-corrected chi connectivity index (χ4v) is 4.27. The van der Waals surface area contributed by atoms with Gasteiger partial charge in [-0.25, -0.2) is 0 Å². The van der Waals surface area contributed by atoms with Crippen molar-refractivity contribution in [2.75, 3.05) is 13.6 Å². The van der Waals surface area contributed by atoms with Crippen molar-refractivity contribution in [2.24, 2.45) is 0 Å². The zero-order valence-corrected chi connectivity index (χ0v) is 18.7. The number of likely N-dealkylation sites (tertiary alicyclic amines) is 1. The lowest BCUT2D eigenvalue weighted by Crippen LogP contribution is -2.31. The molecule has 2 aromatic heterocycles. The van der Waals surface area contributed by atoms with Crippen molar-refractivity contribution in [3.63, 3.8) is 0 Å². The summed E-state index contributed by atoms with van der Waals surface area (Å²) in [5.74, 6) is -0.0706. The SMILES string of the molecule is CNC(=O)c1ccc(-c2ccc([C@@H]3CCCN3C(=O)CCc3cccc(Cl)c3)nc2)cn1. The predicted molar refractivity (Wildman–Crippen MR) is 124 cm³/mol. The van der Waals surface area contributed by atoms with Gasteiger partial charge in [-0.15, -0.1) is 0 Å². The third kappa shape index (κ3) is 4.97. The van der Waals surface area contributed by atoms with E-state index in [1.807, 2.05) is 47.4 Å². The Morgan fingerprint density at radius 2 is 1.88 bits per heavy atom. The molecule has 3 aromatic rings. The highest BCUT2D eigenvalue weighted by Crippen LogP contribution is 2.32.